The monoisotopic (exact) mass is 291 g/mol. The van der Waals surface area contributed by atoms with Crippen LogP contribution in [0.2, 0.25) is 0 Å². The summed E-state index contributed by atoms with van der Waals surface area (Å²) in [5, 5.41) is 22.7. The van der Waals surface area contributed by atoms with Gasteiger partial charge in [0.2, 0.25) is 0 Å². The molecule has 1 aromatic carbocycles. The van der Waals surface area contributed by atoms with Gasteiger partial charge < -0.3 is 5.11 Å². The number of benzene rings is 1. The first kappa shape index (κ1) is 14.1. The number of aromatic carboxylic acids is 1. The van der Waals surface area contributed by atoms with Gasteiger partial charge in [-0.3, -0.25) is 4.68 Å². The van der Waals surface area contributed by atoms with Crippen molar-refractivity contribution >= 4 is 17.7 Å². The molecule has 0 atom stereocenters. The van der Waals surface area contributed by atoms with Crippen LogP contribution in [-0.2, 0) is 7.05 Å². The van der Waals surface area contributed by atoms with Crippen molar-refractivity contribution in [2.45, 2.75) is 16.8 Å². The minimum Gasteiger partial charge on any atom is -0.478 e. The minimum absolute atomic E-state index is 0.396. The molecular formula is C13H10FN3O2S. The van der Waals surface area contributed by atoms with E-state index in [1.165, 1.54) is 23.9 Å². The summed E-state index contributed by atoms with van der Waals surface area (Å²) in [6.07, 6.45) is 0. The Labute approximate surface area is 118 Å². The molecule has 0 aliphatic carbocycles. The van der Waals surface area contributed by atoms with E-state index in [1.54, 1.807) is 18.7 Å². The Morgan fingerprint density at radius 3 is 2.85 bits per heavy atom. The highest BCUT2D eigenvalue weighted by atomic mass is 32.2. The van der Waals surface area contributed by atoms with Crippen molar-refractivity contribution in [2.75, 3.05) is 0 Å². The van der Waals surface area contributed by atoms with Crippen molar-refractivity contribution in [3.8, 4) is 6.07 Å². The van der Waals surface area contributed by atoms with Gasteiger partial charge in [-0.15, -0.1) is 0 Å². The van der Waals surface area contributed by atoms with Gasteiger partial charge >= 0.3 is 5.97 Å². The molecule has 0 aliphatic rings. The van der Waals surface area contributed by atoms with E-state index < -0.39 is 17.3 Å². The molecule has 102 valence electrons. The van der Waals surface area contributed by atoms with E-state index >= 15 is 0 Å². The van der Waals surface area contributed by atoms with Crippen molar-refractivity contribution in [2.24, 2.45) is 7.05 Å². The second-order valence-corrected chi connectivity index (χ2v) is 5.11. The van der Waals surface area contributed by atoms with Gasteiger partial charge in [-0.1, -0.05) is 11.8 Å². The highest BCUT2D eigenvalue weighted by molar-refractivity contribution is 7.99. The first-order chi connectivity index (χ1) is 9.43. The summed E-state index contributed by atoms with van der Waals surface area (Å²) in [4.78, 5) is 11.4. The molecule has 7 heteroatoms. The van der Waals surface area contributed by atoms with Crippen molar-refractivity contribution in [3.05, 3.63) is 40.8 Å². The molecule has 1 N–H and O–H groups in total. The van der Waals surface area contributed by atoms with E-state index in [0.717, 1.165) is 6.07 Å². The topological polar surface area (TPSA) is 78.9 Å². The average molecular weight is 291 g/mol. The van der Waals surface area contributed by atoms with Gasteiger partial charge in [0, 0.05) is 11.9 Å². The first-order valence-electron chi connectivity index (χ1n) is 5.58. The molecule has 1 aromatic heterocycles. The molecule has 0 fully saturated rings. The van der Waals surface area contributed by atoms with Crippen LogP contribution in [0.1, 0.15) is 21.6 Å². The van der Waals surface area contributed by atoms with E-state index in [1.807, 2.05) is 0 Å². The number of hydrogen-bond donors (Lipinski definition) is 1. The zero-order valence-corrected chi connectivity index (χ0v) is 11.5. The number of rotatable bonds is 3. The Bertz CT molecular complexity index is 734. The lowest BCUT2D eigenvalue weighted by Gasteiger charge is -2.04. The van der Waals surface area contributed by atoms with E-state index in [0.29, 0.717) is 21.2 Å². The molecule has 0 spiro atoms. The summed E-state index contributed by atoms with van der Waals surface area (Å²) in [6.45, 7) is 1.72. The van der Waals surface area contributed by atoms with Gasteiger partial charge in [0.25, 0.3) is 0 Å². The number of nitrogens with zero attached hydrogens (tertiary/aromatic N) is 3. The first-order valence-corrected chi connectivity index (χ1v) is 6.40. The summed E-state index contributed by atoms with van der Waals surface area (Å²) in [6, 6.07) is 5.87. The van der Waals surface area contributed by atoms with Crippen molar-refractivity contribution in [3.63, 3.8) is 0 Å². The van der Waals surface area contributed by atoms with E-state index in [9.17, 15) is 9.18 Å². The van der Waals surface area contributed by atoms with Crippen LogP contribution in [0.4, 0.5) is 4.39 Å². The molecule has 2 rings (SSSR count). The molecule has 0 bridgehead atoms. The van der Waals surface area contributed by atoms with Crippen LogP contribution in [-0.4, -0.2) is 20.9 Å². The van der Waals surface area contributed by atoms with E-state index in [4.69, 9.17) is 10.4 Å². The number of halogens is 1. The van der Waals surface area contributed by atoms with Crippen LogP contribution in [0.15, 0.2) is 28.1 Å². The second kappa shape index (κ2) is 5.35. The molecule has 0 saturated carbocycles. The summed E-state index contributed by atoms with van der Waals surface area (Å²) < 4.78 is 14.9. The fourth-order valence-corrected chi connectivity index (χ4v) is 2.73. The number of carboxylic acid groups (broad SMARTS) is 1. The summed E-state index contributed by atoms with van der Waals surface area (Å²) in [5.74, 6) is -2.12. The third-order valence-corrected chi connectivity index (χ3v) is 3.82. The Hall–Kier alpha value is -2.33. The van der Waals surface area contributed by atoms with Crippen molar-refractivity contribution in [1.82, 2.24) is 9.78 Å². The van der Waals surface area contributed by atoms with Crippen LogP contribution in [0.5, 0.6) is 0 Å². The number of carbonyl (C=O) groups is 1. The lowest BCUT2D eigenvalue weighted by molar-refractivity contribution is 0.0691. The molecule has 0 radical (unpaired) electrons. The maximum absolute atomic E-state index is 13.3. The fourth-order valence-electron chi connectivity index (χ4n) is 1.73. The highest BCUT2D eigenvalue weighted by Crippen LogP contribution is 2.32. The van der Waals surface area contributed by atoms with Crippen LogP contribution < -0.4 is 0 Å². The largest absolute Gasteiger partial charge is 0.478 e. The van der Waals surface area contributed by atoms with Crippen LogP contribution >= 0.6 is 11.8 Å². The number of nitriles is 1. The maximum atomic E-state index is 13.3. The standard InChI is InChI=1S/C13H10FN3O2S/c1-7-10(6-15)12(17(2)16-7)20-8-3-4-11(14)9(5-8)13(18)19/h3-5H,1-2H3,(H,18,19). The van der Waals surface area contributed by atoms with Crippen molar-refractivity contribution in [1.29, 1.82) is 5.26 Å². The smallest absolute Gasteiger partial charge is 0.338 e. The Morgan fingerprint density at radius 1 is 1.55 bits per heavy atom. The molecule has 0 unspecified atom stereocenters. The van der Waals surface area contributed by atoms with E-state index in [-0.39, 0.29) is 0 Å². The molecule has 2 aromatic rings. The molecule has 20 heavy (non-hydrogen) atoms. The van der Waals surface area contributed by atoms with Gasteiger partial charge in [-0.05, 0) is 25.1 Å². The zero-order valence-electron chi connectivity index (χ0n) is 10.7. The number of aromatic nitrogens is 2. The summed E-state index contributed by atoms with van der Waals surface area (Å²) >= 11 is 1.17. The normalized spacial score (nSPS) is 10.3. The number of aryl methyl sites for hydroxylation is 2. The predicted octanol–water partition coefficient (Wildman–Crippen LogP) is 2.59. The fraction of sp³-hybridized carbons (Fsp3) is 0.154. The van der Waals surface area contributed by atoms with Crippen LogP contribution in [0, 0.1) is 24.1 Å². The summed E-state index contributed by atoms with van der Waals surface area (Å²) in [5.41, 5.74) is 0.629. The second-order valence-electron chi connectivity index (χ2n) is 4.05. The van der Waals surface area contributed by atoms with E-state index in [2.05, 4.69) is 11.2 Å². The van der Waals surface area contributed by atoms with Crippen molar-refractivity contribution < 1.29 is 14.3 Å². The molecule has 0 amide bonds. The average Bonchev–Trinajstić information content (AvgIpc) is 2.65. The maximum Gasteiger partial charge on any atom is 0.338 e. The predicted molar refractivity (Wildman–Crippen MR) is 70.1 cm³/mol. The van der Waals surface area contributed by atoms with Gasteiger partial charge in [0.15, 0.2) is 0 Å². The Morgan fingerprint density at radius 2 is 2.25 bits per heavy atom. The van der Waals surface area contributed by atoms with Gasteiger partial charge in [-0.25, -0.2) is 9.18 Å². The van der Waals surface area contributed by atoms with Gasteiger partial charge in [-0.2, -0.15) is 10.4 Å². The zero-order chi connectivity index (χ0) is 14.9. The SMILES string of the molecule is Cc1nn(C)c(Sc2ccc(F)c(C(=O)O)c2)c1C#N. The minimum atomic E-state index is -1.33. The van der Waals surface area contributed by atoms with Crippen LogP contribution in [0.3, 0.4) is 0 Å². The molecular weight excluding hydrogens is 281 g/mol. The van der Waals surface area contributed by atoms with Crippen LogP contribution in [0.25, 0.3) is 0 Å². The summed E-state index contributed by atoms with van der Waals surface area (Å²) in [7, 11) is 1.69. The Balaban J connectivity index is 2.44. The lowest BCUT2D eigenvalue weighted by atomic mass is 10.2. The molecule has 5 nitrogen and oxygen atoms in total. The highest BCUT2D eigenvalue weighted by Gasteiger charge is 2.16. The third kappa shape index (κ3) is 2.51. The van der Waals surface area contributed by atoms with Gasteiger partial charge in [0.1, 0.15) is 22.5 Å². The molecule has 0 saturated heterocycles. The Kier molecular flexibility index (Phi) is 3.77. The molecule has 1 heterocycles. The molecule has 0 aliphatic heterocycles. The number of hydrogen-bond acceptors (Lipinski definition) is 4. The van der Waals surface area contributed by atoms with Gasteiger partial charge in [0.05, 0.1) is 11.3 Å². The quantitative estimate of drug-likeness (QED) is 0.940. The number of carboxylic acids is 1. The third-order valence-electron chi connectivity index (χ3n) is 2.66. The lowest BCUT2D eigenvalue weighted by Crippen LogP contribution is -2.00.